The van der Waals surface area contributed by atoms with Gasteiger partial charge in [-0.25, -0.2) is 14.4 Å². The average Bonchev–Trinajstić information content (AvgIpc) is 2.31. The molecule has 0 bridgehead atoms. The molecule has 1 amide bonds. The second-order valence-electron chi connectivity index (χ2n) is 3.32. The fourth-order valence-corrected chi connectivity index (χ4v) is 1.10. The second-order valence-corrected chi connectivity index (χ2v) is 3.32. The first-order valence-electron chi connectivity index (χ1n) is 5.11. The number of anilines is 1. The minimum Gasteiger partial charge on any atom is -0.383 e. The van der Waals surface area contributed by atoms with Crippen molar-refractivity contribution in [3.8, 4) is 0 Å². The summed E-state index contributed by atoms with van der Waals surface area (Å²) in [5.74, 6) is -0.769. The summed E-state index contributed by atoms with van der Waals surface area (Å²) in [6, 6.07) is 0. The van der Waals surface area contributed by atoms with Crippen LogP contribution in [0.15, 0.2) is 6.33 Å². The molecule has 0 aliphatic heterocycles. The molecule has 1 aromatic heterocycles. The molecule has 1 heterocycles. The summed E-state index contributed by atoms with van der Waals surface area (Å²) >= 11 is 0. The quantitative estimate of drug-likeness (QED) is 0.692. The molecular weight excluding hydrogens is 227 g/mol. The Morgan fingerprint density at radius 3 is 3.00 bits per heavy atom. The van der Waals surface area contributed by atoms with E-state index < -0.39 is 5.82 Å². The molecule has 0 saturated heterocycles. The maximum absolute atomic E-state index is 13.4. The van der Waals surface area contributed by atoms with Crippen molar-refractivity contribution in [2.75, 3.05) is 32.1 Å². The van der Waals surface area contributed by atoms with Crippen molar-refractivity contribution in [3.63, 3.8) is 0 Å². The molecule has 0 radical (unpaired) electrons. The molecule has 0 saturated carbocycles. The molecule has 2 N–H and O–H groups in total. The molecule has 0 fully saturated rings. The fraction of sp³-hybridized carbons (Fsp3) is 0.500. The van der Waals surface area contributed by atoms with Crippen molar-refractivity contribution in [3.05, 3.63) is 17.8 Å². The van der Waals surface area contributed by atoms with Crippen LogP contribution in [0.2, 0.25) is 0 Å². The molecular formula is C10H15FN4O2. The van der Waals surface area contributed by atoms with E-state index in [4.69, 9.17) is 4.74 Å². The third-order valence-electron chi connectivity index (χ3n) is 2.01. The number of nitrogens with one attached hydrogen (secondary N) is 2. The number of aromatic nitrogens is 2. The van der Waals surface area contributed by atoms with Gasteiger partial charge in [0, 0.05) is 13.7 Å². The van der Waals surface area contributed by atoms with Crippen LogP contribution in [-0.4, -0.2) is 42.7 Å². The summed E-state index contributed by atoms with van der Waals surface area (Å²) < 4.78 is 18.2. The van der Waals surface area contributed by atoms with Gasteiger partial charge >= 0.3 is 0 Å². The van der Waals surface area contributed by atoms with Gasteiger partial charge in [-0.1, -0.05) is 0 Å². The predicted molar refractivity (Wildman–Crippen MR) is 60.1 cm³/mol. The Morgan fingerprint density at radius 1 is 1.53 bits per heavy atom. The molecule has 6 nitrogen and oxygen atoms in total. The smallest absolute Gasteiger partial charge is 0.239 e. The molecule has 1 rings (SSSR count). The van der Waals surface area contributed by atoms with E-state index >= 15 is 0 Å². The number of amides is 1. The van der Waals surface area contributed by atoms with Gasteiger partial charge in [0.25, 0.3) is 0 Å². The summed E-state index contributed by atoms with van der Waals surface area (Å²) in [5, 5.41) is 5.20. The van der Waals surface area contributed by atoms with Crippen LogP contribution in [0.4, 0.5) is 10.2 Å². The second kappa shape index (κ2) is 6.74. The Hall–Kier alpha value is -1.76. The first kappa shape index (κ1) is 13.3. The summed E-state index contributed by atoms with van der Waals surface area (Å²) in [6.07, 6.45) is 1.24. The summed E-state index contributed by atoms with van der Waals surface area (Å²) in [6.45, 7) is 2.34. The first-order valence-corrected chi connectivity index (χ1v) is 5.11. The summed E-state index contributed by atoms with van der Waals surface area (Å²) in [7, 11) is 1.55. The third-order valence-corrected chi connectivity index (χ3v) is 2.01. The van der Waals surface area contributed by atoms with E-state index in [1.165, 1.54) is 13.3 Å². The number of rotatable bonds is 6. The predicted octanol–water partition coefficient (Wildman–Crippen LogP) is 0.0986. The maximum atomic E-state index is 13.4. The minimum absolute atomic E-state index is 0.0272. The van der Waals surface area contributed by atoms with Crippen molar-refractivity contribution in [1.29, 1.82) is 0 Å². The standard InChI is InChI=1S/C10H15FN4O2/c1-7-9(11)10(15-6-14-7)13-5-8(16)12-3-4-17-2/h6H,3-5H2,1-2H3,(H,12,16)(H,13,14,15). The van der Waals surface area contributed by atoms with Crippen LogP contribution in [0.3, 0.4) is 0 Å². The van der Waals surface area contributed by atoms with Gasteiger partial charge in [0.05, 0.1) is 18.8 Å². The van der Waals surface area contributed by atoms with Crippen molar-refractivity contribution < 1.29 is 13.9 Å². The van der Waals surface area contributed by atoms with Crippen LogP contribution < -0.4 is 10.6 Å². The molecule has 0 aromatic carbocycles. The normalized spacial score (nSPS) is 10.1. The molecule has 7 heteroatoms. The van der Waals surface area contributed by atoms with Crippen LogP contribution in [0, 0.1) is 12.7 Å². The number of ether oxygens (including phenoxy) is 1. The van der Waals surface area contributed by atoms with Crippen LogP contribution in [0.1, 0.15) is 5.69 Å². The van der Waals surface area contributed by atoms with E-state index in [-0.39, 0.29) is 24.0 Å². The maximum Gasteiger partial charge on any atom is 0.239 e. The fourth-order valence-electron chi connectivity index (χ4n) is 1.10. The number of halogens is 1. The Bertz CT molecular complexity index is 387. The molecule has 0 atom stereocenters. The third kappa shape index (κ3) is 4.31. The van der Waals surface area contributed by atoms with Crippen LogP contribution in [0.25, 0.3) is 0 Å². The highest BCUT2D eigenvalue weighted by Gasteiger charge is 2.08. The zero-order valence-corrected chi connectivity index (χ0v) is 9.79. The van der Waals surface area contributed by atoms with Gasteiger partial charge in [0.15, 0.2) is 11.6 Å². The van der Waals surface area contributed by atoms with E-state index in [9.17, 15) is 9.18 Å². The Labute approximate surface area is 98.6 Å². The number of carbonyl (C=O) groups is 1. The van der Waals surface area contributed by atoms with Crippen LogP contribution >= 0.6 is 0 Å². The number of methoxy groups -OCH3 is 1. The summed E-state index contributed by atoms with van der Waals surface area (Å²) in [4.78, 5) is 18.7. The minimum atomic E-state index is -0.544. The zero-order valence-electron chi connectivity index (χ0n) is 9.79. The highest BCUT2D eigenvalue weighted by Crippen LogP contribution is 2.10. The molecule has 0 unspecified atom stereocenters. The molecule has 94 valence electrons. The SMILES string of the molecule is COCCNC(=O)CNc1ncnc(C)c1F. The monoisotopic (exact) mass is 242 g/mol. The van der Waals surface area contributed by atoms with Gasteiger partial charge in [-0.3, -0.25) is 4.79 Å². The molecule has 0 aliphatic carbocycles. The number of carbonyl (C=O) groups excluding carboxylic acids is 1. The number of nitrogens with zero attached hydrogens (tertiary/aromatic N) is 2. The average molecular weight is 242 g/mol. The van der Waals surface area contributed by atoms with Crippen LogP contribution in [-0.2, 0) is 9.53 Å². The lowest BCUT2D eigenvalue weighted by Gasteiger charge is -2.07. The van der Waals surface area contributed by atoms with E-state index in [0.29, 0.717) is 13.2 Å². The zero-order chi connectivity index (χ0) is 12.7. The largest absolute Gasteiger partial charge is 0.383 e. The lowest BCUT2D eigenvalue weighted by molar-refractivity contribution is -0.119. The highest BCUT2D eigenvalue weighted by atomic mass is 19.1. The van der Waals surface area contributed by atoms with Gasteiger partial charge in [-0.2, -0.15) is 0 Å². The van der Waals surface area contributed by atoms with Gasteiger partial charge in [-0.15, -0.1) is 0 Å². The summed E-state index contributed by atoms with van der Waals surface area (Å²) in [5.41, 5.74) is 0.238. The lowest BCUT2D eigenvalue weighted by atomic mass is 10.4. The number of hydrogen-bond acceptors (Lipinski definition) is 5. The Balaban J connectivity index is 2.39. The highest BCUT2D eigenvalue weighted by molar-refractivity contribution is 5.80. The van der Waals surface area contributed by atoms with E-state index in [1.807, 2.05) is 0 Å². The lowest BCUT2D eigenvalue weighted by Crippen LogP contribution is -2.32. The first-order chi connectivity index (χ1) is 8.15. The Morgan fingerprint density at radius 2 is 2.29 bits per heavy atom. The van der Waals surface area contributed by atoms with Crippen LogP contribution in [0.5, 0.6) is 0 Å². The van der Waals surface area contributed by atoms with Gasteiger partial charge in [0.2, 0.25) is 5.91 Å². The van der Waals surface area contributed by atoms with E-state index in [0.717, 1.165) is 0 Å². The number of aryl methyl sites for hydroxylation is 1. The molecule has 0 aliphatic rings. The Kier molecular flexibility index (Phi) is 5.28. The van der Waals surface area contributed by atoms with Crippen molar-refractivity contribution >= 4 is 11.7 Å². The molecule has 1 aromatic rings. The van der Waals surface area contributed by atoms with E-state index in [1.54, 1.807) is 7.11 Å². The van der Waals surface area contributed by atoms with Gasteiger partial charge < -0.3 is 15.4 Å². The van der Waals surface area contributed by atoms with Crippen molar-refractivity contribution in [2.45, 2.75) is 6.92 Å². The van der Waals surface area contributed by atoms with Gasteiger partial charge in [-0.05, 0) is 6.92 Å². The topological polar surface area (TPSA) is 76.1 Å². The van der Waals surface area contributed by atoms with E-state index in [2.05, 4.69) is 20.6 Å². The molecule has 0 spiro atoms. The van der Waals surface area contributed by atoms with Gasteiger partial charge in [0.1, 0.15) is 6.33 Å². The van der Waals surface area contributed by atoms with Crippen molar-refractivity contribution in [2.24, 2.45) is 0 Å². The number of hydrogen-bond donors (Lipinski definition) is 2. The van der Waals surface area contributed by atoms with Crippen molar-refractivity contribution in [1.82, 2.24) is 15.3 Å². The molecule has 17 heavy (non-hydrogen) atoms.